The van der Waals surface area contributed by atoms with Crippen LogP contribution in [0.1, 0.15) is 11.3 Å². The van der Waals surface area contributed by atoms with Gasteiger partial charge in [-0.3, -0.25) is 9.71 Å². The van der Waals surface area contributed by atoms with Crippen molar-refractivity contribution < 1.29 is 8.42 Å². The van der Waals surface area contributed by atoms with Crippen LogP contribution in [0.15, 0.2) is 12.3 Å². The lowest BCUT2D eigenvalue weighted by Crippen LogP contribution is -2.11. The molecule has 14 heavy (non-hydrogen) atoms. The Bertz CT molecular complexity index is 486. The number of hydrogen-bond donors (Lipinski definition) is 1. The molecule has 1 aromatic rings. The molecular formula is C9H10N2O2S. The normalized spacial score (nSPS) is 10.6. The van der Waals surface area contributed by atoms with Crippen LogP contribution in [0.3, 0.4) is 0 Å². The van der Waals surface area contributed by atoms with Crippen LogP contribution >= 0.6 is 0 Å². The zero-order valence-electron chi connectivity index (χ0n) is 7.90. The van der Waals surface area contributed by atoms with Crippen LogP contribution in [-0.2, 0) is 10.0 Å². The fraction of sp³-hybridized carbons (Fsp3) is 0.222. The summed E-state index contributed by atoms with van der Waals surface area (Å²) in [5.41, 5.74) is 1.55. The highest BCUT2D eigenvalue weighted by atomic mass is 32.2. The van der Waals surface area contributed by atoms with E-state index in [1.165, 1.54) is 6.20 Å². The van der Waals surface area contributed by atoms with Crippen molar-refractivity contribution in [2.24, 2.45) is 0 Å². The topological polar surface area (TPSA) is 59.1 Å². The zero-order chi connectivity index (χ0) is 10.8. The summed E-state index contributed by atoms with van der Waals surface area (Å²) < 4.78 is 24.3. The van der Waals surface area contributed by atoms with Gasteiger partial charge in [-0.1, -0.05) is 5.92 Å². The average Bonchev–Trinajstić information content (AvgIpc) is 2.06. The predicted molar refractivity (Wildman–Crippen MR) is 55.4 cm³/mol. The molecule has 0 aliphatic carbocycles. The average molecular weight is 210 g/mol. The molecule has 0 radical (unpaired) electrons. The highest BCUT2D eigenvalue weighted by molar-refractivity contribution is 7.92. The second-order valence-electron chi connectivity index (χ2n) is 2.88. The fourth-order valence-corrected chi connectivity index (χ4v) is 1.52. The summed E-state index contributed by atoms with van der Waals surface area (Å²) in [6.07, 6.45) is 7.76. The Balaban J connectivity index is 3.15. The minimum atomic E-state index is -3.28. The molecule has 0 saturated carbocycles. The van der Waals surface area contributed by atoms with Crippen LogP contribution in [0.2, 0.25) is 0 Å². The third-order valence-electron chi connectivity index (χ3n) is 1.55. The van der Waals surface area contributed by atoms with Gasteiger partial charge in [0.1, 0.15) is 0 Å². The Morgan fingerprint density at radius 1 is 1.57 bits per heavy atom. The van der Waals surface area contributed by atoms with E-state index < -0.39 is 10.0 Å². The van der Waals surface area contributed by atoms with Crippen molar-refractivity contribution in [1.29, 1.82) is 0 Å². The lowest BCUT2D eigenvalue weighted by atomic mass is 10.2. The van der Waals surface area contributed by atoms with Crippen molar-refractivity contribution in [2.45, 2.75) is 6.92 Å². The van der Waals surface area contributed by atoms with E-state index in [9.17, 15) is 8.42 Å². The molecule has 1 heterocycles. The Labute approximate surface area is 83.4 Å². The quantitative estimate of drug-likeness (QED) is 0.732. The molecule has 0 atom stereocenters. The standard InChI is InChI=1S/C9H10N2O2S/c1-4-8-5-9(7(2)10-6-8)11-14(3,12)13/h1,5-6,11H,2-3H3. The number of terminal acetylenes is 1. The molecule has 0 amide bonds. The van der Waals surface area contributed by atoms with E-state index in [-0.39, 0.29) is 0 Å². The second-order valence-corrected chi connectivity index (χ2v) is 4.62. The van der Waals surface area contributed by atoms with Gasteiger partial charge in [0, 0.05) is 11.8 Å². The molecule has 0 aliphatic heterocycles. The summed E-state index contributed by atoms with van der Waals surface area (Å²) in [5.74, 6) is 2.38. The number of aromatic nitrogens is 1. The van der Waals surface area contributed by atoms with E-state index in [4.69, 9.17) is 6.42 Å². The molecule has 1 N–H and O–H groups in total. The molecule has 4 nitrogen and oxygen atoms in total. The largest absolute Gasteiger partial charge is 0.282 e. The maximum atomic E-state index is 11.0. The van der Waals surface area contributed by atoms with Crippen molar-refractivity contribution in [3.63, 3.8) is 0 Å². The number of anilines is 1. The van der Waals surface area contributed by atoms with E-state index in [0.717, 1.165) is 6.26 Å². The summed E-state index contributed by atoms with van der Waals surface area (Å²) in [7, 11) is -3.28. The fourth-order valence-electron chi connectivity index (χ4n) is 0.915. The maximum absolute atomic E-state index is 11.0. The van der Waals surface area contributed by atoms with Crippen LogP contribution in [0, 0.1) is 19.3 Å². The monoisotopic (exact) mass is 210 g/mol. The Kier molecular flexibility index (Phi) is 2.77. The van der Waals surface area contributed by atoms with Gasteiger partial charge in [0.15, 0.2) is 0 Å². The number of hydrogen-bond acceptors (Lipinski definition) is 3. The molecule has 0 unspecified atom stereocenters. The van der Waals surface area contributed by atoms with Crippen LogP contribution in [0.5, 0.6) is 0 Å². The Morgan fingerprint density at radius 3 is 2.71 bits per heavy atom. The van der Waals surface area contributed by atoms with Gasteiger partial charge in [-0.25, -0.2) is 8.42 Å². The van der Waals surface area contributed by atoms with E-state index in [1.807, 2.05) is 0 Å². The first-order valence-electron chi connectivity index (χ1n) is 3.83. The van der Waals surface area contributed by atoms with Gasteiger partial charge >= 0.3 is 0 Å². The first kappa shape index (κ1) is 10.5. The van der Waals surface area contributed by atoms with E-state index in [2.05, 4.69) is 15.6 Å². The minimum Gasteiger partial charge on any atom is -0.282 e. The summed E-state index contributed by atoms with van der Waals surface area (Å²) in [5, 5.41) is 0. The lowest BCUT2D eigenvalue weighted by Gasteiger charge is -2.06. The van der Waals surface area contributed by atoms with E-state index in [0.29, 0.717) is 16.9 Å². The number of nitrogens with one attached hydrogen (secondary N) is 1. The van der Waals surface area contributed by atoms with Crippen molar-refractivity contribution in [3.05, 3.63) is 23.5 Å². The van der Waals surface area contributed by atoms with Crippen LogP contribution in [0.25, 0.3) is 0 Å². The lowest BCUT2D eigenvalue weighted by molar-refractivity contribution is 0.606. The number of pyridine rings is 1. The number of nitrogens with zero attached hydrogens (tertiary/aromatic N) is 1. The van der Waals surface area contributed by atoms with E-state index >= 15 is 0 Å². The van der Waals surface area contributed by atoms with Crippen LogP contribution in [0.4, 0.5) is 5.69 Å². The van der Waals surface area contributed by atoms with Gasteiger partial charge in [0.2, 0.25) is 10.0 Å². The number of rotatable bonds is 2. The van der Waals surface area contributed by atoms with Gasteiger partial charge in [-0.15, -0.1) is 6.42 Å². The third-order valence-corrected chi connectivity index (χ3v) is 2.14. The summed E-state index contributed by atoms with van der Waals surface area (Å²) in [4.78, 5) is 3.96. The maximum Gasteiger partial charge on any atom is 0.229 e. The molecule has 0 fully saturated rings. The summed E-state index contributed by atoms with van der Waals surface area (Å²) in [6, 6.07) is 1.57. The summed E-state index contributed by atoms with van der Waals surface area (Å²) in [6.45, 7) is 1.70. The molecular weight excluding hydrogens is 200 g/mol. The van der Waals surface area contributed by atoms with Crippen LogP contribution in [-0.4, -0.2) is 19.7 Å². The van der Waals surface area contributed by atoms with Gasteiger partial charge in [-0.05, 0) is 13.0 Å². The van der Waals surface area contributed by atoms with E-state index in [1.54, 1.807) is 13.0 Å². The highest BCUT2D eigenvalue weighted by Crippen LogP contribution is 2.14. The summed E-state index contributed by atoms with van der Waals surface area (Å²) >= 11 is 0. The van der Waals surface area contributed by atoms with Gasteiger partial charge < -0.3 is 0 Å². The number of sulfonamides is 1. The van der Waals surface area contributed by atoms with Crippen molar-refractivity contribution >= 4 is 15.7 Å². The molecule has 0 aromatic carbocycles. The van der Waals surface area contributed by atoms with Gasteiger partial charge in [0.25, 0.3) is 0 Å². The molecule has 74 valence electrons. The predicted octanol–water partition coefficient (Wildman–Crippen LogP) is 0.743. The Morgan fingerprint density at radius 2 is 2.21 bits per heavy atom. The van der Waals surface area contributed by atoms with Crippen molar-refractivity contribution in [3.8, 4) is 12.3 Å². The molecule has 0 aliphatic rings. The zero-order valence-corrected chi connectivity index (χ0v) is 8.72. The smallest absolute Gasteiger partial charge is 0.229 e. The first-order chi connectivity index (χ1) is 6.42. The number of aryl methyl sites for hydroxylation is 1. The van der Waals surface area contributed by atoms with Crippen molar-refractivity contribution in [2.75, 3.05) is 11.0 Å². The highest BCUT2D eigenvalue weighted by Gasteiger charge is 2.05. The molecule has 0 bridgehead atoms. The minimum absolute atomic E-state index is 0.419. The second kappa shape index (κ2) is 3.68. The molecule has 1 aromatic heterocycles. The molecule has 5 heteroatoms. The molecule has 0 spiro atoms. The van der Waals surface area contributed by atoms with Crippen molar-refractivity contribution in [1.82, 2.24) is 4.98 Å². The Hall–Kier alpha value is -1.54. The van der Waals surface area contributed by atoms with Crippen LogP contribution < -0.4 is 4.72 Å². The van der Waals surface area contributed by atoms with Gasteiger partial charge in [-0.2, -0.15) is 0 Å². The first-order valence-corrected chi connectivity index (χ1v) is 5.72. The SMILES string of the molecule is C#Cc1cnc(C)c(NS(C)(=O)=O)c1. The molecule has 1 rings (SSSR count). The molecule has 0 saturated heterocycles. The van der Waals surface area contributed by atoms with Gasteiger partial charge in [0.05, 0.1) is 17.6 Å². The third kappa shape index (κ3) is 2.75.